The van der Waals surface area contributed by atoms with Crippen molar-refractivity contribution in [2.45, 2.75) is 39.5 Å². The van der Waals surface area contributed by atoms with Crippen LogP contribution in [0.1, 0.15) is 71.4 Å². The number of carbonyl (C=O) groups is 4. The van der Waals surface area contributed by atoms with Crippen molar-refractivity contribution >= 4 is 46.4 Å². The molecule has 0 atom stereocenters. The number of hydrogen-bond acceptors (Lipinski definition) is 6. The van der Waals surface area contributed by atoms with Crippen molar-refractivity contribution in [2.24, 2.45) is 22.0 Å². The van der Waals surface area contributed by atoms with Gasteiger partial charge in [-0.2, -0.15) is 10.2 Å². The fourth-order valence-corrected chi connectivity index (χ4v) is 4.12. The highest BCUT2D eigenvalue weighted by atomic mass is 16.2. The van der Waals surface area contributed by atoms with Gasteiger partial charge < -0.3 is 10.6 Å². The number of nitrogens with one attached hydrogen (secondary N) is 4. The van der Waals surface area contributed by atoms with Crippen LogP contribution in [-0.4, -0.2) is 35.1 Å². The molecule has 3 aromatic rings. The molecule has 2 saturated carbocycles. The molecule has 2 aliphatic rings. The first-order chi connectivity index (χ1) is 20.3. The Labute approximate surface area is 243 Å². The molecule has 4 N–H and O–H groups in total. The lowest BCUT2D eigenvalue weighted by molar-refractivity contribution is -0.118. The predicted octanol–water partition coefficient (Wildman–Crippen LogP) is 4.69. The van der Waals surface area contributed by atoms with Crippen molar-refractivity contribution in [1.82, 2.24) is 10.9 Å². The van der Waals surface area contributed by atoms with E-state index in [0.717, 1.165) is 36.8 Å². The van der Waals surface area contributed by atoms with Crippen LogP contribution in [0.4, 0.5) is 11.4 Å². The van der Waals surface area contributed by atoms with Crippen LogP contribution in [0.5, 0.6) is 0 Å². The van der Waals surface area contributed by atoms with Gasteiger partial charge >= 0.3 is 0 Å². The van der Waals surface area contributed by atoms with Gasteiger partial charge in [-0.1, -0.05) is 24.3 Å². The lowest BCUT2D eigenvalue weighted by Gasteiger charge is -2.08. The Morgan fingerprint density at radius 1 is 0.571 bits per heavy atom. The summed E-state index contributed by atoms with van der Waals surface area (Å²) in [4.78, 5) is 49.4. The van der Waals surface area contributed by atoms with E-state index in [9.17, 15) is 19.2 Å². The van der Waals surface area contributed by atoms with Gasteiger partial charge in [0.25, 0.3) is 11.8 Å². The zero-order chi connectivity index (χ0) is 29.6. The van der Waals surface area contributed by atoms with E-state index in [-0.39, 0.29) is 23.7 Å². The third-order valence-electron chi connectivity index (χ3n) is 7.05. The summed E-state index contributed by atoms with van der Waals surface area (Å²) in [7, 11) is 0. The SMILES string of the molecule is C/C(=N\NC(=O)c1ccc(C(=O)N/N=C(\C)c2cccc(NC(=O)C3CC3)c2)cc1)c1cccc(NC(=O)C2CC2)c1. The van der Waals surface area contributed by atoms with E-state index in [1.807, 2.05) is 48.5 Å². The van der Waals surface area contributed by atoms with Crippen molar-refractivity contribution in [2.75, 3.05) is 10.6 Å². The molecule has 0 heterocycles. The number of anilines is 2. The Hall–Kier alpha value is -5.12. The van der Waals surface area contributed by atoms with Gasteiger partial charge in [-0.05, 0) is 99.2 Å². The monoisotopic (exact) mass is 564 g/mol. The summed E-state index contributed by atoms with van der Waals surface area (Å²) in [6.45, 7) is 3.52. The summed E-state index contributed by atoms with van der Waals surface area (Å²) >= 11 is 0. The van der Waals surface area contributed by atoms with Crippen LogP contribution in [0.2, 0.25) is 0 Å². The molecule has 0 aliphatic heterocycles. The van der Waals surface area contributed by atoms with Crippen LogP contribution in [0.25, 0.3) is 0 Å². The summed E-state index contributed by atoms with van der Waals surface area (Å²) in [5, 5.41) is 14.2. The highest BCUT2D eigenvalue weighted by Gasteiger charge is 2.30. The number of carbonyl (C=O) groups excluding carboxylic acids is 4. The van der Waals surface area contributed by atoms with Gasteiger partial charge in [0.1, 0.15) is 0 Å². The van der Waals surface area contributed by atoms with E-state index in [0.29, 0.717) is 33.9 Å². The molecule has 2 aliphatic carbocycles. The number of hydrazone groups is 2. The number of rotatable bonds is 10. The number of nitrogens with zero attached hydrogens (tertiary/aromatic N) is 2. The van der Waals surface area contributed by atoms with Crippen LogP contribution < -0.4 is 21.5 Å². The van der Waals surface area contributed by atoms with Crippen LogP contribution in [0.15, 0.2) is 83.0 Å². The van der Waals surface area contributed by atoms with Gasteiger partial charge in [0.2, 0.25) is 11.8 Å². The maximum Gasteiger partial charge on any atom is 0.271 e. The zero-order valence-corrected chi connectivity index (χ0v) is 23.4. The second-order valence-electron chi connectivity index (χ2n) is 10.5. The molecule has 5 rings (SSSR count). The topological polar surface area (TPSA) is 141 Å². The second kappa shape index (κ2) is 12.6. The van der Waals surface area contributed by atoms with Gasteiger partial charge in [0, 0.05) is 34.3 Å². The molecular formula is C32H32N6O4. The molecule has 10 heteroatoms. The Kier molecular flexibility index (Phi) is 8.52. The first kappa shape index (κ1) is 28.4. The van der Waals surface area contributed by atoms with Gasteiger partial charge in [0.15, 0.2) is 0 Å². The largest absolute Gasteiger partial charge is 0.326 e. The van der Waals surface area contributed by atoms with E-state index < -0.39 is 11.8 Å². The van der Waals surface area contributed by atoms with Gasteiger partial charge in [-0.15, -0.1) is 0 Å². The molecule has 0 saturated heterocycles. The molecule has 0 unspecified atom stereocenters. The summed E-state index contributed by atoms with van der Waals surface area (Å²) in [6.07, 6.45) is 3.70. The van der Waals surface area contributed by atoms with Crippen molar-refractivity contribution in [3.8, 4) is 0 Å². The minimum Gasteiger partial charge on any atom is -0.326 e. The van der Waals surface area contributed by atoms with Crippen molar-refractivity contribution in [1.29, 1.82) is 0 Å². The highest BCUT2D eigenvalue weighted by Crippen LogP contribution is 2.31. The molecule has 214 valence electrons. The average Bonchev–Trinajstić information content (AvgIpc) is 3.92. The van der Waals surface area contributed by atoms with Crippen molar-refractivity contribution < 1.29 is 19.2 Å². The quantitative estimate of drug-likeness (QED) is 0.209. The summed E-state index contributed by atoms with van der Waals surface area (Å²) < 4.78 is 0. The summed E-state index contributed by atoms with van der Waals surface area (Å²) in [6, 6.07) is 20.7. The average molecular weight is 565 g/mol. The normalized spacial score (nSPS) is 15.0. The van der Waals surface area contributed by atoms with E-state index in [2.05, 4.69) is 31.7 Å². The number of amides is 4. The molecule has 0 radical (unpaired) electrons. The molecule has 0 aromatic heterocycles. The minimum atomic E-state index is -0.429. The smallest absolute Gasteiger partial charge is 0.271 e. The van der Waals surface area contributed by atoms with Crippen LogP contribution in [0, 0.1) is 11.8 Å². The first-order valence-corrected chi connectivity index (χ1v) is 13.9. The lowest BCUT2D eigenvalue weighted by Crippen LogP contribution is -2.21. The Balaban J connectivity index is 1.14. The van der Waals surface area contributed by atoms with Crippen molar-refractivity contribution in [3.63, 3.8) is 0 Å². The fraction of sp³-hybridized carbons (Fsp3) is 0.250. The Morgan fingerprint density at radius 2 is 0.952 bits per heavy atom. The summed E-state index contributed by atoms with van der Waals surface area (Å²) in [5.41, 5.74) is 9.78. The second-order valence-corrected chi connectivity index (χ2v) is 10.5. The molecule has 0 spiro atoms. The van der Waals surface area contributed by atoms with E-state index >= 15 is 0 Å². The lowest BCUT2D eigenvalue weighted by atomic mass is 10.1. The molecule has 0 bridgehead atoms. The van der Waals surface area contributed by atoms with Crippen molar-refractivity contribution in [3.05, 3.63) is 95.1 Å². The third kappa shape index (κ3) is 7.54. The molecule has 3 aromatic carbocycles. The number of benzene rings is 3. The zero-order valence-electron chi connectivity index (χ0n) is 23.4. The minimum absolute atomic E-state index is 0.0228. The Morgan fingerprint density at radius 3 is 1.31 bits per heavy atom. The van der Waals surface area contributed by atoms with Crippen LogP contribution >= 0.6 is 0 Å². The molecule has 42 heavy (non-hydrogen) atoms. The molecule has 2 fully saturated rings. The van der Waals surface area contributed by atoms with E-state index in [4.69, 9.17) is 0 Å². The van der Waals surface area contributed by atoms with Gasteiger partial charge in [0.05, 0.1) is 11.4 Å². The first-order valence-electron chi connectivity index (χ1n) is 13.9. The third-order valence-corrected chi connectivity index (χ3v) is 7.05. The fourth-order valence-electron chi connectivity index (χ4n) is 4.12. The standard InChI is InChI=1S/C32H32N6O4/c1-19(25-5-3-7-27(17-25)33-29(39)21-9-10-21)35-37-31(41)23-13-15-24(16-14-23)32(42)38-36-20(2)26-6-4-8-28(18-26)34-30(40)22-11-12-22/h3-8,13-18,21-22H,9-12H2,1-2H3,(H,33,39)(H,34,40)(H,37,41)(H,38,42)/b35-19+,36-20+. The van der Waals surface area contributed by atoms with E-state index in [1.165, 1.54) is 24.3 Å². The number of hydrogen-bond donors (Lipinski definition) is 4. The maximum absolute atomic E-state index is 12.6. The molecule has 4 amide bonds. The maximum atomic E-state index is 12.6. The van der Waals surface area contributed by atoms with Gasteiger partial charge in [-0.25, -0.2) is 10.9 Å². The highest BCUT2D eigenvalue weighted by molar-refractivity contribution is 6.04. The Bertz CT molecular complexity index is 1470. The molecular weight excluding hydrogens is 532 g/mol. The van der Waals surface area contributed by atoms with E-state index in [1.54, 1.807) is 13.8 Å². The summed E-state index contributed by atoms with van der Waals surface area (Å²) in [5.74, 6) is -0.603. The predicted molar refractivity (Wildman–Crippen MR) is 161 cm³/mol. The molecule has 10 nitrogen and oxygen atoms in total. The van der Waals surface area contributed by atoms with Crippen LogP contribution in [0.3, 0.4) is 0 Å². The van der Waals surface area contributed by atoms with Crippen LogP contribution in [-0.2, 0) is 9.59 Å². The van der Waals surface area contributed by atoms with Gasteiger partial charge in [-0.3, -0.25) is 19.2 Å².